The van der Waals surface area contributed by atoms with Crippen molar-refractivity contribution in [2.45, 2.75) is 18.4 Å². The van der Waals surface area contributed by atoms with Crippen molar-refractivity contribution in [2.75, 3.05) is 17.3 Å². The minimum atomic E-state index is -0.0327. The average Bonchev–Trinajstić information content (AvgIpc) is 3.21. The SMILES string of the molecule is CCOc1ccc2nc(N(Cc3ccccn3)C(=O)CSc3ccc(Cl)cc3)sc2c1. The summed E-state index contributed by atoms with van der Waals surface area (Å²) in [6.45, 7) is 2.91. The van der Waals surface area contributed by atoms with Gasteiger partial charge in [0.25, 0.3) is 0 Å². The van der Waals surface area contributed by atoms with E-state index in [2.05, 4.69) is 4.98 Å². The molecule has 2 aromatic heterocycles. The Morgan fingerprint density at radius 2 is 2.00 bits per heavy atom. The van der Waals surface area contributed by atoms with E-state index in [1.54, 1.807) is 11.1 Å². The maximum atomic E-state index is 13.2. The number of thioether (sulfide) groups is 1. The molecule has 2 heterocycles. The van der Waals surface area contributed by atoms with Crippen molar-refractivity contribution in [3.63, 3.8) is 0 Å². The van der Waals surface area contributed by atoms with Gasteiger partial charge in [0, 0.05) is 16.1 Å². The molecule has 4 aromatic rings. The van der Waals surface area contributed by atoms with E-state index < -0.39 is 0 Å². The summed E-state index contributed by atoms with van der Waals surface area (Å²) in [5.41, 5.74) is 1.65. The lowest BCUT2D eigenvalue weighted by atomic mass is 10.3. The number of fused-ring (bicyclic) bond motifs is 1. The molecule has 0 aliphatic rings. The fourth-order valence-corrected chi connectivity index (χ4v) is 4.85. The second-order valence-electron chi connectivity index (χ2n) is 6.60. The highest BCUT2D eigenvalue weighted by molar-refractivity contribution is 8.00. The van der Waals surface area contributed by atoms with Crippen LogP contribution in [0.5, 0.6) is 5.75 Å². The first-order valence-corrected chi connectivity index (χ1v) is 11.9. The van der Waals surface area contributed by atoms with Gasteiger partial charge in [-0.2, -0.15) is 0 Å². The number of carbonyl (C=O) groups excluding carboxylic acids is 1. The zero-order chi connectivity index (χ0) is 21.6. The third-order valence-corrected chi connectivity index (χ3v) is 6.70. The Morgan fingerprint density at radius 3 is 2.74 bits per heavy atom. The number of benzene rings is 2. The van der Waals surface area contributed by atoms with Crippen LogP contribution < -0.4 is 9.64 Å². The first-order valence-electron chi connectivity index (χ1n) is 9.74. The molecule has 0 saturated heterocycles. The first-order chi connectivity index (χ1) is 15.1. The molecule has 0 saturated carbocycles. The van der Waals surface area contributed by atoms with E-state index in [1.807, 2.05) is 67.6 Å². The molecule has 5 nitrogen and oxygen atoms in total. The minimum Gasteiger partial charge on any atom is -0.494 e. The third kappa shape index (κ3) is 5.55. The quantitative estimate of drug-likeness (QED) is 0.293. The van der Waals surface area contributed by atoms with Crippen LogP contribution in [0.25, 0.3) is 10.2 Å². The number of nitrogens with zero attached hydrogens (tertiary/aromatic N) is 3. The van der Waals surface area contributed by atoms with Crippen molar-refractivity contribution < 1.29 is 9.53 Å². The molecule has 31 heavy (non-hydrogen) atoms. The molecule has 4 rings (SSSR count). The van der Waals surface area contributed by atoms with Gasteiger partial charge >= 0.3 is 0 Å². The van der Waals surface area contributed by atoms with Crippen LogP contribution >= 0.6 is 34.7 Å². The molecule has 0 N–H and O–H groups in total. The molecule has 8 heteroatoms. The summed E-state index contributed by atoms with van der Waals surface area (Å²) >= 11 is 8.91. The van der Waals surface area contributed by atoms with E-state index in [-0.39, 0.29) is 11.7 Å². The lowest BCUT2D eigenvalue weighted by molar-refractivity contribution is -0.116. The van der Waals surface area contributed by atoms with Crippen molar-refractivity contribution in [1.29, 1.82) is 0 Å². The Morgan fingerprint density at radius 1 is 1.16 bits per heavy atom. The Labute approximate surface area is 194 Å². The van der Waals surface area contributed by atoms with Crippen molar-refractivity contribution in [1.82, 2.24) is 9.97 Å². The molecule has 0 fully saturated rings. The molecule has 0 aliphatic carbocycles. The van der Waals surface area contributed by atoms with Gasteiger partial charge in [-0.1, -0.05) is 29.0 Å². The largest absolute Gasteiger partial charge is 0.494 e. The molecule has 158 valence electrons. The number of aromatic nitrogens is 2. The van der Waals surface area contributed by atoms with Crippen LogP contribution in [0.1, 0.15) is 12.6 Å². The second-order valence-corrected chi connectivity index (χ2v) is 9.10. The fraction of sp³-hybridized carbons (Fsp3) is 0.174. The maximum Gasteiger partial charge on any atom is 0.239 e. The Kier molecular flexibility index (Phi) is 7.06. The molecular formula is C23H20ClN3O2S2. The summed E-state index contributed by atoms with van der Waals surface area (Å²) < 4.78 is 6.58. The van der Waals surface area contributed by atoms with Crippen LogP contribution in [0.4, 0.5) is 5.13 Å². The first kappa shape index (κ1) is 21.6. The van der Waals surface area contributed by atoms with E-state index in [1.165, 1.54) is 23.1 Å². The number of anilines is 1. The highest BCUT2D eigenvalue weighted by Crippen LogP contribution is 2.33. The molecule has 0 atom stereocenters. The Hall–Kier alpha value is -2.61. The molecule has 1 amide bonds. The third-order valence-electron chi connectivity index (χ3n) is 4.41. The normalized spacial score (nSPS) is 10.9. The van der Waals surface area contributed by atoms with Crippen LogP contribution in [0.15, 0.2) is 71.8 Å². The van der Waals surface area contributed by atoms with E-state index in [4.69, 9.17) is 21.3 Å². The van der Waals surface area contributed by atoms with Crippen LogP contribution in [0.2, 0.25) is 5.02 Å². The Balaban J connectivity index is 1.59. The van der Waals surface area contributed by atoms with Crippen molar-refractivity contribution in [3.8, 4) is 5.75 Å². The van der Waals surface area contributed by atoms with Crippen LogP contribution in [0, 0.1) is 0 Å². The highest BCUT2D eigenvalue weighted by atomic mass is 35.5. The van der Waals surface area contributed by atoms with Crippen LogP contribution in [-0.4, -0.2) is 28.2 Å². The lowest BCUT2D eigenvalue weighted by Crippen LogP contribution is -2.32. The number of halogens is 1. The smallest absolute Gasteiger partial charge is 0.239 e. The molecular weight excluding hydrogens is 450 g/mol. The zero-order valence-electron chi connectivity index (χ0n) is 16.8. The van der Waals surface area contributed by atoms with Gasteiger partial charge in [-0.15, -0.1) is 11.8 Å². The summed E-state index contributed by atoms with van der Waals surface area (Å²) in [5.74, 6) is 1.05. The molecule has 0 bridgehead atoms. The topological polar surface area (TPSA) is 55.3 Å². The number of rotatable bonds is 8. The van der Waals surface area contributed by atoms with E-state index >= 15 is 0 Å². The van der Waals surface area contributed by atoms with Gasteiger partial charge in [0.05, 0.1) is 34.8 Å². The van der Waals surface area contributed by atoms with Crippen molar-refractivity contribution in [3.05, 3.63) is 77.6 Å². The van der Waals surface area contributed by atoms with Gasteiger partial charge in [0.1, 0.15) is 5.75 Å². The number of ether oxygens (including phenoxy) is 1. The summed E-state index contributed by atoms with van der Waals surface area (Å²) in [4.78, 5) is 25.0. The number of hydrogen-bond donors (Lipinski definition) is 0. The molecule has 0 aliphatic heterocycles. The van der Waals surface area contributed by atoms with Gasteiger partial charge < -0.3 is 4.74 Å². The van der Waals surface area contributed by atoms with Gasteiger partial charge in [0.15, 0.2) is 5.13 Å². The molecule has 2 aromatic carbocycles. The summed E-state index contributed by atoms with van der Waals surface area (Å²) in [5, 5.41) is 1.32. The van der Waals surface area contributed by atoms with Crippen LogP contribution in [0.3, 0.4) is 0 Å². The summed E-state index contributed by atoms with van der Waals surface area (Å²) in [6, 6.07) is 18.9. The fourth-order valence-electron chi connectivity index (χ4n) is 2.93. The van der Waals surface area contributed by atoms with E-state index in [9.17, 15) is 4.79 Å². The highest BCUT2D eigenvalue weighted by Gasteiger charge is 2.21. The number of amides is 1. The van der Waals surface area contributed by atoms with Crippen LogP contribution in [-0.2, 0) is 11.3 Å². The van der Waals surface area contributed by atoms with E-state index in [0.29, 0.717) is 23.3 Å². The van der Waals surface area contributed by atoms with Crippen molar-refractivity contribution in [2.24, 2.45) is 0 Å². The van der Waals surface area contributed by atoms with Crippen molar-refractivity contribution >= 4 is 56.0 Å². The molecule has 0 radical (unpaired) electrons. The predicted molar refractivity (Wildman–Crippen MR) is 128 cm³/mol. The minimum absolute atomic E-state index is 0.0327. The molecule has 0 unspecified atom stereocenters. The van der Waals surface area contributed by atoms with E-state index in [0.717, 1.165) is 26.6 Å². The lowest BCUT2D eigenvalue weighted by Gasteiger charge is -2.19. The van der Waals surface area contributed by atoms with Gasteiger partial charge in [-0.25, -0.2) is 4.98 Å². The standard InChI is InChI=1S/C23H20ClN3O2S2/c1-2-29-18-8-11-20-21(13-18)31-23(26-20)27(14-17-5-3-4-12-25-17)22(28)15-30-19-9-6-16(24)7-10-19/h3-13H,2,14-15H2,1H3. The maximum absolute atomic E-state index is 13.2. The van der Waals surface area contributed by atoms with Gasteiger partial charge in [0.2, 0.25) is 5.91 Å². The average molecular weight is 470 g/mol. The number of carbonyl (C=O) groups is 1. The van der Waals surface area contributed by atoms with Gasteiger partial charge in [-0.05, 0) is 61.5 Å². The number of thiazole rings is 1. The zero-order valence-corrected chi connectivity index (χ0v) is 19.2. The number of pyridine rings is 1. The monoisotopic (exact) mass is 469 g/mol. The Bertz CT molecular complexity index is 1170. The summed E-state index contributed by atoms with van der Waals surface area (Å²) in [7, 11) is 0. The summed E-state index contributed by atoms with van der Waals surface area (Å²) in [6.07, 6.45) is 1.73. The second kappa shape index (κ2) is 10.1. The predicted octanol–water partition coefficient (Wildman–Crippen LogP) is 6.07. The number of hydrogen-bond acceptors (Lipinski definition) is 6. The molecule has 0 spiro atoms. The van der Waals surface area contributed by atoms with Gasteiger partial charge in [-0.3, -0.25) is 14.7 Å².